The van der Waals surface area contributed by atoms with Crippen molar-refractivity contribution in [3.63, 3.8) is 0 Å². The summed E-state index contributed by atoms with van der Waals surface area (Å²) in [6, 6.07) is 19.6. The molecule has 2 aromatic carbocycles. The smallest absolute Gasteiger partial charge is 0.0525 e. The van der Waals surface area contributed by atoms with Crippen LogP contribution in [0.25, 0.3) is 0 Å². The summed E-state index contributed by atoms with van der Waals surface area (Å²) in [7, 11) is 0. The second kappa shape index (κ2) is 5.45. The number of hydroxylamine groups is 2. The molecule has 2 rings (SSSR count). The topological polar surface area (TPSA) is 23.1 Å². The molecule has 0 amide bonds. The number of hydrogen-bond acceptors (Lipinski definition) is 1. The van der Waals surface area contributed by atoms with Gasteiger partial charge in [0.1, 0.15) is 0 Å². The molecule has 0 saturated carbocycles. The third-order valence-corrected chi connectivity index (χ3v) is 2.40. The third kappa shape index (κ3) is 3.19. The highest BCUT2D eigenvalue weighted by atomic mass is 16.5. The van der Waals surface area contributed by atoms with E-state index in [1.807, 2.05) is 60.7 Å². The first-order valence-corrected chi connectivity index (χ1v) is 5.34. The number of hydrogen-bond donors (Lipinski definition) is 0. The van der Waals surface area contributed by atoms with Gasteiger partial charge in [-0.1, -0.05) is 60.7 Å². The van der Waals surface area contributed by atoms with Gasteiger partial charge >= 0.3 is 0 Å². The quantitative estimate of drug-likeness (QED) is 0.714. The van der Waals surface area contributed by atoms with E-state index in [0.717, 1.165) is 16.2 Å². The standard InChI is InChI=1S/C14H14NO/c16-15(11-13-7-3-1-4-8-13)12-14-9-5-2-6-10-14/h1-10H,11-12H2. The fourth-order valence-corrected chi connectivity index (χ4v) is 1.63. The van der Waals surface area contributed by atoms with E-state index in [2.05, 4.69) is 0 Å². The molecule has 0 N–H and O–H groups in total. The molecule has 2 nitrogen and oxygen atoms in total. The van der Waals surface area contributed by atoms with Crippen molar-refractivity contribution >= 4 is 0 Å². The van der Waals surface area contributed by atoms with Crippen molar-refractivity contribution in [2.45, 2.75) is 13.1 Å². The molecule has 0 aliphatic heterocycles. The second-order valence-electron chi connectivity index (χ2n) is 3.77. The highest BCUT2D eigenvalue weighted by Gasteiger charge is 2.04. The van der Waals surface area contributed by atoms with E-state index in [4.69, 9.17) is 0 Å². The zero-order valence-electron chi connectivity index (χ0n) is 9.04. The van der Waals surface area contributed by atoms with Gasteiger partial charge in [-0.05, 0) is 11.1 Å². The Kier molecular flexibility index (Phi) is 3.70. The first-order valence-electron chi connectivity index (χ1n) is 5.34. The van der Waals surface area contributed by atoms with Gasteiger partial charge in [0, 0.05) is 0 Å². The molecule has 16 heavy (non-hydrogen) atoms. The van der Waals surface area contributed by atoms with Crippen molar-refractivity contribution in [2.75, 3.05) is 0 Å². The van der Waals surface area contributed by atoms with Crippen LogP contribution in [-0.4, -0.2) is 5.06 Å². The summed E-state index contributed by atoms with van der Waals surface area (Å²) in [5, 5.41) is 12.8. The Balaban J connectivity index is 1.92. The summed E-state index contributed by atoms with van der Waals surface area (Å²) in [6.07, 6.45) is 0. The summed E-state index contributed by atoms with van der Waals surface area (Å²) in [5.74, 6) is 0. The fraction of sp³-hybridized carbons (Fsp3) is 0.143. The molecule has 0 aliphatic rings. The second-order valence-corrected chi connectivity index (χ2v) is 3.77. The lowest BCUT2D eigenvalue weighted by molar-refractivity contribution is -0.172. The molecule has 0 spiro atoms. The van der Waals surface area contributed by atoms with Crippen molar-refractivity contribution in [1.82, 2.24) is 5.06 Å². The van der Waals surface area contributed by atoms with Gasteiger partial charge in [0.2, 0.25) is 0 Å². The van der Waals surface area contributed by atoms with Crippen molar-refractivity contribution < 1.29 is 5.21 Å². The van der Waals surface area contributed by atoms with Crippen LogP contribution in [0, 0.1) is 0 Å². The normalized spacial score (nSPS) is 10.6. The predicted octanol–water partition coefficient (Wildman–Crippen LogP) is 3.03. The molecule has 0 aromatic heterocycles. The van der Waals surface area contributed by atoms with Gasteiger partial charge in [0.15, 0.2) is 0 Å². The maximum atomic E-state index is 11.7. The van der Waals surface area contributed by atoms with Gasteiger partial charge in [-0.25, -0.2) is 0 Å². The molecule has 2 aromatic rings. The fourth-order valence-electron chi connectivity index (χ4n) is 1.63. The molecule has 0 aliphatic carbocycles. The molecule has 81 valence electrons. The minimum Gasteiger partial charge on any atom is -0.146 e. The zero-order chi connectivity index (χ0) is 11.2. The Hall–Kier alpha value is -1.64. The molecule has 0 unspecified atom stereocenters. The lowest BCUT2D eigenvalue weighted by Gasteiger charge is -2.11. The zero-order valence-corrected chi connectivity index (χ0v) is 9.04. The molecule has 0 fully saturated rings. The van der Waals surface area contributed by atoms with Crippen molar-refractivity contribution in [3.05, 3.63) is 71.8 Å². The summed E-state index contributed by atoms with van der Waals surface area (Å²) in [5.41, 5.74) is 2.10. The van der Waals surface area contributed by atoms with Gasteiger partial charge in [-0.2, -0.15) is 0 Å². The van der Waals surface area contributed by atoms with Crippen LogP contribution in [0.5, 0.6) is 0 Å². The van der Waals surface area contributed by atoms with Crippen molar-refractivity contribution in [2.24, 2.45) is 0 Å². The average molecular weight is 212 g/mol. The summed E-state index contributed by atoms with van der Waals surface area (Å²) >= 11 is 0. The van der Waals surface area contributed by atoms with E-state index in [1.165, 1.54) is 0 Å². The van der Waals surface area contributed by atoms with Crippen LogP contribution in [0.2, 0.25) is 0 Å². The van der Waals surface area contributed by atoms with Crippen LogP contribution in [-0.2, 0) is 18.3 Å². The molecular formula is C14H14NO. The van der Waals surface area contributed by atoms with E-state index < -0.39 is 0 Å². The molecule has 0 saturated heterocycles. The largest absolute Gasteiger partial charge is 0.146 e. The lowest BCUT2D eigenvalue weighted by atomic mass is 10.2. The SMILES string of the molecule is [O]N(Cc1ccccc1)Cc1ccccc1. The van der Waals surface area contributed by atoms with Crippen LogP contribution in [0.15, 0.2) is 60.7 Å². The lowest BCUT2D eigenvalue weighted by Crippen LogP contribution is -2.16. The molecule has 0 atom stereocenters. The van der Waals surface area contributed by atoms with E-state index in [0.29, 0.717) is 13.1 Å². The Bertz CT molecular complexity index is 372. The minimum atomic E-state index is 0.440. The molecule has 2 heteroatoms. The Morgan fingerprint density at radius 1 is 0.688 bits per heavy atom. The Labute approximate surface area is 95.7 Å². The Morgan fingerprint density at radius 3 is 1.44 bits per heavy atom. The maximum Gasteiger partial charge on any atom is 0.0525 e. The summed E-state index contributed by atoms with van der Waals surface area (Å²) in [6.45, 7) is 0.880. The van der Waals surface area contributed by atoms with E-state index in [-0.39, 0.29) is 0 Å². The minimum absolute atomic E-state index is 0.440. The highest BCUT2D eigenvalue weighted by molar-refractivity contribution is 5.16. The summed E-state index contributed by atoms with van der Waals surface area (Å²) < 4.78 is 0. The predicted molar refractivity (Wildman–Crippen MR) is 62.8 cm³/mol. The van der Waals surface area contributed by atoms with Gasteiger partial charge in [0.05, 0.1) is 13.1 Å². The molecule has 0 heterocycles. The van der Waals surface area contributed by atoms with Crippen molar-refractivity contribution in [1.29, 1.82) is 0 Å². The van der Waals surface area contributed by atoms with Crippen LogP contribution in [0.4, 0.5) is 0 Å². The molecular weight excluding hydrogens is 198 g/mol. The number of nitrogens with zero attached hydrogens (tertiary/aromatic N) is 1. The van der Waals surface area contributed by atoms with Crippen LogP contribution >= 0.6 is 0 Å². The van der Waals surface area contributed by atoms with Crippen LogP contribution in [0.3, 0.4) is 0 Å². The number of rotatable bonds is 4. The highest BCUT2D eigenvalue weighted by Crippen LogP contribution is 2.07. The van der Waals surface area contributed by atoms with Crippen molar-refractivity contribution in [3.8, 4) is 0 Å². The van der Waals surface area contributed by atoms with Crippen LogP contribution < -0.4 is 0 Å². The van der Waals surface area contributed by atoms with Crippen LogP contribution in [0.1, 0.15) is 11.1 Å². The Morgan fingerprint density at radius 2 is 1.06 bits per heavy atom. The van der Waals surface area contributed by atoms with Gasteiger partial charge in [-0.3, -0.25) is 0 Å². The first kappa shape index (κ1) is 10.9. The van der Waals surface area contributed by atoms with E-state index >= 15 is 0 Å². The van der Waals surface area contributed by atoms with E-state index in [9.17, 15) is 5.21 Å². The molecule has 0 bridgehead atoms. The monoisotopic (exact) mass is 212 g/mol. The maximum absolute atomic E-state index is 11.7. The molecule has 1 radical (unpaired) electrons. The van der Waals surface area contributed by atoms with Gasteiger partial charge < -0.3 is 0 Å². The first-order chi connectivity index (χ1) is 7.84. The number of benzene rings is 2. The van der Waals surface area contributed by atoms with E-state index in [1.54, 1.807) is 0 Å². The third-order valence-electron chi connectivity index (χ3n) is 2.40. The average Bonchev–Trinajstić information content (AvgIpc) is 2.31. The summed E-state index contributed by atoms with van der Waals surface area (Å²) in [4.78, 5) is 0. The van der Waals surface area contributed by atoms with Gasteiger partial charge in [-0.15, -0.1) is 10.3 Å². The van der Waals surface area contributed by atoms with Gasteiger partial charge in [0.25, 0.3) is 0 Å².